The van der Waals surface area contributed by atoms with Crippen molar-refractivity contribution in [3.8, 4) is 0 Å². The standard InChI is InChI=1S/C16H24N2O4.ClH/c1-17(2)9-11-21-15(19)13-5-7-14(8-6-13)16(20)22-12-10-18(3)4;/h5-8H,9-12H2,1-4H3;1H. The van der Waals surface area contributed by atoms with Gasteiger partial charge in [0.1, 0.15) is 13.2 Å². The molecule has 0 fully saturated rings. The van der Waals surface area contributed by atoms with Gasteiger partial charge in [-0.15, -0.1) is 12.4 Å². The Labute approximate surface area is 143 Å². The number of rotatable bonds is 8. The molecule has 23 heavy (non-hydrogen) atoms. The zero-order valence-electron chi connectivity index (χ0n) is 14.1. The summed E-state index contributed by atoms with van der Waals surface area (Å²) >= 11 is 0. The van der Waals surface area contributed by atoms with Gasteiger partial charge in [0.05, 0.1) is 11.1 Å². The number of nitrogens with zero attached hydrogens (tertiary/aromatic N) is 2. The highest BCUT2D eigenvalue weighted by Gasteiger charge is 2.11. The van der Waals surface area contributed by atoms with Gasteiger partial charge < -0.3 is 19.3 Å². The zero-order valence-corrected chi connectivity index (χ0v) is 14.9. The first-order valence-corrected chi connectivity index (χ1v) is 7.14. The fourth-order valence-electron chi connectivity index (χ4n) is 1.55. The number of hydrogen-bond acceptors (Lipinski definition) is 6. The molecule has 1 aromatic carbocycles. The highest BCUT2D eigenvalue weighted by atomic mass is 35.5. The van der Waals surface area contributed by atoms with E-state index in [-0.39, 0.29) is 12.4 Å². The maximum atomic E-state index is 11.8. The topological polar surface area (TPSA) is 59.1 Å². The lowest BCUT2D eigenvalue weighted by Gasteiger charge is -2.11. The van der Waals surface area contributed by atoms with Crippen molar-refractivity contribution in [3.05, 3.63) is 35.4 Å². The number of likely N-dealkylation sites (N-methyl/N-ethyl adjacent to an activating group) is 2. The van der Waals surface area contributed by atoms with Crippen LogP contribution in [0.3, 0.4) is 0 Å². The first-order valence-electron chi connectivity index (χ1n) is 7.14. The molecule has 0 saturated heterocycles. The van der Waals surface area contributed by atoms with Crippen LogP contribution in [0.2, 0.25) is 0 Å². The summed E-state index contributed by atoms with van der Waals surface area (Å²) in [4.78, 5) is 27.4. The molecule has 6 nitrogen and oxygen atoms in total. The Hall–Kier alpha value is -1.63. The lowest BCUT2D eigenvalue weighted by Crippen LogP contribution is -2.20. The van der Waals surface area contributed by atoms with Crippen molar-refractivity contribution in [3.63, 3.8) is 0 Å². The molecule has 7 heteroatoms. The number of benzene rings is 1. The monoisotopic (exact) mass is 344 g/mol. The fraction of sp³-hybridized carbons (Fsp3) is 0.500. The van der Waals surface area contributed by atoms with Gasteiger partial charge in [-0.3, -0.25) is 0 Å². The van der Waals surface area contributed by atoms with Crippen molar-refractivity contribution in [1.82, 2.24) is 9.80 Å². The quantitative estimate of drug-likeness (QED) is 0.667. The van der Waals surface area contributed by atoms with Crippen LogP contribution in [0.5, 0.6) is 0 Å². The van der Waals surface area contributed by atoms with Crippen LogP contribution in [-0.2, 0) is 9.47 Å². The van der Waals surface area contributed by atoms with Crippen LogP contribution in [0.1, 0.15) is 20.7 Å². The van der Waals surface area contributed by atoms with Gasteiger partial charge in [-0.05, 0) is 52.5 Å². The number of carbonyl (C=O) groups excluding carboxylic acids is 2. The third-order valence-corrected chi connectivity index (χ3v) is 2.90. The Balaban J connectivity index is 0.00000484. The average Bonchev–Trinajstić information content (AvgIpc) is 2.46. The molecule has 1 aromatic rings. The van der Waals surface area contributed by atoms with Crippen LogP contribution < -0.4 is 0 Å². The van der Waals surface area contributed by atoms with Crippen LogP contribution in [0, 0.1) is 0 Å². The Morgan fingerprint density at radius 3 is 1.35 bits per heavy atom. The molecule has 0 heterocycles. The minimum atomic E-state index is -0.394. The molecule has 0 amide bonds. The number of hydrogen-bond donors (Lipinski definition) is 0. The minimum Gasteiger partial charge on any atom is -0.461 e. The molecule has 0 spiro atoms. The Morgan fingerprint density at radius 1 is 0.783 bits per heavy atom. The second-order valence-corrected chi connectivity index (χ2v) is 5.46. The SMILES string of the molecule is CN(C)CCOC(=O)c1ccc(C(=O)OCCN(C)C)cc1.Cl. The molecule has 0 radical (unpaired) electrons. The van der Waals surface area contributed by atoms with E-state index in [4.69, 9.17) is 9.47 Å². The van der Waals surface area contributed by atoms with Gasteiger partial charge in [0, 0.05) is 13.1 Å². The van der Waals surface area contributed by atoms with E-state index < -0.39 is 11.9 Å². The Kier molecular flexibility index (Phi) is 10.2. The highest BCUT2D eigenvalue weighted by molar-refractivity contribution is 5.93. The third-order valence-electron chi connectivity index (χ3n) is 2.90. The molecule has 0 atom stereocenters. The van der Waals surface area contributed by atoms with E-state index in [0.29, 0.717) is 37.4 Å². The van der Waals surface area contributed by atoms with Gasteiger partial charge in [0.25, 0.3) is 0 Å². The smallest absolute Gasteiger partial charge is 0.338 e. The first-order chi connectivity index (χ1) is 10.4. The third kappa shape index (κ3) is 8.54. The molecule has 0 aliphatic carbocycles. The summed E-state index contributed by atoms with van der Waals surface area (Å²) in [7, 11) is 7.63. The summed E-state index contributed by atoms with van der Waals surface area (Å²) in [5.74, 6) is -0.788. The van der Waals surface area contributed by atoms with E-state index in [2.05, 4.69) is 0 Å². The minimum absolute atomic E-state index is 0. The van der Waals surface area contributed by atoms with E-state index in [9.17, 15) is 9.59 Å². The van der Waals surface area contributed by atoms with Gasteiger partial charge in [-0.25, -0.2) is 9.59 Å². The van der Waals surface area contributed by atoms with Crippen molar-refractivity contribution in [2.45, 2.75) is 0 Å². The normalized spacial score (nSPS) is 10.3. The second kappa shape index (κ2) is 11.0. The van der Waals surface area contributed by atoms with Crippen LogP contribution in [0.25, 0.3) is 0 Å². The van der Waals surface area contributed by atoms with Crippen LogP contribution >= 0.6 is 12.4 Å². The molecule has 0 N–H and O–H groups in total. The van der Waals surface area contributed by atoms with Crippen LogP contribution in [0.15, 0.2) is 24.3 Å². The molecule has 130 valence electrons. The number of halogens is 1. The molecular formula is C16H25ClN2O4. The van der Waals surface area contributed by atoms with E-state index in [1.54, 1.807) is 24.3 Å². The molecule has 0 bridgehead atoms. The molecule has 0 unspecified atom stereocenters. The molecule has 0 aliphatic rings. The Morgan fingerprint density at radius 2 is 1.09 bits per heavy atom. The van der Waals surface area contributed by atoms with Crippen LogP contribution in [0.4, 0.5) is 0 Å². The molecule has 0 aromatic heterocycles. The maximum absolute atomic E-state index is 11.8. The summed E-state index contributed by atoms with van der Waals surface area (Å²) in [6, 6.07) is 6.28. The second-order valence-electron chi connectivity index (χ2n) is 5.46. The van der Waals surface area contributed by atoms with E-state index >= 15 is 0 Å². The largest absolute Gasteiger partial charge is 0.461 e. The van der Waals surface area contributed by atoms with Crippen LogP contribution in [-0.4, -0.2) is 76.2 Å². The summed E-state index contributed by atoms with van der Waals surface area (Å²) in [5.41, 5.74) is 0.840. The summed E-state index contributed by atoms with van der Waals surface area (Å²) in [5, 5.41) is 0. The van der Waals surface area contributed by atoms with Gasteiger partial charge >= 0.3 is 11.9 Å². The molecular weight excluding hydrogens is 320 g/mol. The summed E-state index contributed by atoms with van der Waals surface area (Å²) in [6.07, 6.45) is 0. The molecule has 1 rings (SSSR count). The summed E-state index contributed by atoms with van der Waals surface area (Å²) < 4.78 is 10.3. The van der Waals surface area contributed by atoms with Crippen molar-refractivity contribution in [2.75, 3.05) is 54.5 Å². The van der Waals surface area contributed by atoms with Gasteiger partial charge in [0.15, 0.2) is 0 Å². The van der Waals surface area contributed by atoms with Crippen molar-refractivity contribution in [2.24, 2.45) is 0 Å². The van der Waals surface area contributed by atoms with Crippen molar-refractivity contribution in [1.29, 1.82) is 0 Å². The zero-order chi connectivity index (χ0) is 16.5. The van der Waals surface area contributed by atoms with Gasteiger partial charge in [-0.1, -0.05) is 0 Å². The fourth-order valence-corrected chi connectivity index (χ4v) is 1.55. The first kappa shape index (κ1) is 21.4. The van der Waals surface area contributed by atoms with Gasteiger partial charge in [0.2, 0.25) is 0 Å². The summed E-state index contributed by atoms with van der Waals surface area (Å²) in [6.45, 7) is 2.00. The number of carbonyl (C=O) groups is 2. The highest BCUT2D eigenvalue weighted by Crippen LogP contribution is 2.07. The predicted molar refractivity (Wildman–Crippen MR) is 91.4 cm³/mol. The average molecular weight is 345 g/mol. The molecule has 0 saturated carbocycles. The van der Waals surface area contributed by atoms with Crippen molar-refractivity contribution < 1.29 is 19.1 Å². The number of esters is 2. The Bertz CT molecular complexity index is 444. The lowest BCUT2D eigenvalue weighted by molar-refractivity contribution is 0.0467. The lowest BCUT2D eigenvalue weighted by atomic mass is 10.1. The van der Waals surface area contributed by atoms with Crippen molar-refractivity contribution >= 4 is 24.3 Å². The predicted octanol–water partition coefficient (Wildman–Crippen LogP) is 1.55. The number of ether oxygens (including phenoxy) is 2. The maximum Gasteiger partial charge on any atom is 0.338 e. The molecule has 0 aliphatic heterocycles. The van der Waals surface area contributed by atoms with E-state index in [1.165, 1.54) is 0 Å². The van der Waals surface area contributed by atoms with E-state index in [0.717, 1.165) is 0 Å². The van der Waals surface area contributed by atoms with E-state index in [1.807, 2.05) is 38.0 Å². The van der Waals surface area contributed by atoms with Gasteiger partial charge in [-0.2, -0.15) is 0 Å².